The molecule has 2 amide bonds. The van der Waals surface area contributed by atoms with Crippen molar-refractivity contribution in [3.63, 3.8) is 0 Å². The van der Waals surface area contributed by atoms with Crippen molar-refractivity contribution in [3.8, 4) is 0 Å². The molecule has 2 rings (SSSR count). The summed E-state index contributed by atoms with van der Waals surface area (Å²) >= 11 is 7.31. The Morgan fingerprint density at radius 1 is 1.37 bits per heavy atom. The number of hydrogen-bond donors (Lipinski definition) is 3. The number of carbonyl (C=O) groups is 1. The van der Waals surface area contributed by atoms with Gasteiger partial charge in [-0.05, 0) is 37.3 Å². The third-order valence-corrected chi connectivity index (χ3v) is 3.93. The minimum Gasteiger partial charge on any atom is -0.399 e. The lowest BCUT2D eigenvalue weighted by atomic mass is 10.2. The van der Waals surface area contributed by atoms with E-state index in [4.69, 9.17) is 17.3 Å². The Bertz CT molecular complexity index is 585. The van der Waals surface area contributed by atoms with Gasteiger partial charge in [-0.15, -0.1) is 11.3 Å². The van der Waals surface area contributed by atoms with Crippen molar-refractivity contribution in [3.05, 3.63) is 45.6 Å². The summed E-state index contributed by atoms with van der Waals surface area (Å²) in [4.78, 5) is 12.8. The molecule has 0 bridgehead atoms. The van der Waals surface area contributed by atoms with Crippen LogP contribution in [0.3, 0.4) is 0 Å². The molecule has 0 saturated carbocycles. The molecule has 1 aromatic heterocycles. The monoisotopic (exact) mass is 295 g/mol. The third-order valence-electron chi connectivity index (χ3n) is 2.51. The summed E-state index contributed by atoms with van der Waals surface area (Å²) < 4.78 is 0.708. The Morgan fingerprint density at radius 2 is 2.16 bits per heavy atom. The highest BCUT2D eigenvalue weighted by Gasteiger charge is 2.11. The van der Waals surface area contributed by atoms with Crippen LogP contribution in [0.1, 0.15) is 17.8 Å². The number of nitrogen functional groups attached to an aromatic ring is 1. The maximum Gasteiger partial charge on any atom is 0.319 e. The molecule has 1 aromatic carbocycles. The van der Waals surface area contributed by atoms with Crippen LogP contribution in [0.2, 0.25) is 4.34 Å². The van der Waals surface area contributed by atoms with Crippen molar-refractivity contribution in [1.82, 2.24) is 5.32 Å². The predicted octanol–water partition coefficient (Wildman–Crippen LogP) is 3.87. The second-order valence-corrected chi connectivity index (χ2v) is 5.83. The highest BCUT2D eigenvalue weighted by Crippen LogP contribution is 2.26. The number of carbonyl (C=O) groups excluding carboxylic acids is 1. The van der Waals surface area contributed by atoms with Crippen LogP contribution >= 0.6 is 22.9 Å². The first-order chi connectivity index (χ1) is 9.04. The van der Waals surface area contributed by atoms with Crippen LogP contribution in [-0.2, 0) is 0 Å². The number of urea groups is 1. The molecule has 19 heavy (non-hydrogen) atoms. The summed E-state index contributed by atoms with van der Waals surface area (Å²) in [7, 11) is 0. The van der Waals surface area contributed by atoms with Gasteiger partial charge in [0.05, 0.1) is 10.4 Å². The van der Waals surface area contributed by atoms with Crippen LogP contribution in [0, 0.1) is 0 Å². The van der Waals surface area contributed by atoms with E-state index in [1.54, 1.807) is 24.3 Å². The Kier molecular flexibility index (Phi) is 4.29. The van der Waals surface area contributed by atoms with Gasteiger partial charge in [-0.2, -0.15) is 0 Å². The zero-order valence-electron chi connectivity index (χ0n) is 10.3. The summed E-state index contributed by atoms with van der Waals surface area (Å²) in [5.74, 6) is 0. The van der Waals surface area contributed by atoms with Gasteiger partial charge in [0.25, 0.3) is 0 Å². The molecule has 0 spiro atoms. The second kappa shape index (κ2) is 5.95. The zero-order valence-corrected chi connectivity index (χ0v) is 11.9. The van der Waals surface area contributed by atoms with E-state index >= 15 is 0 Å². The molecule has 1 atom stereocenters. The number of amides is 2. The number of hydrogen-bond acceptors (Lipinski definition) is 3. The SMILES string of the molecule is CC(NC(=O)Nc1cccc(N)c1)c1ccc(Cl)s1. The molecule has 0 radical (unpaired) electrons. The Hall–Kier alpha value is -1.72. The largest absolute Gasteiger partial charge is 0.399 e. The van der Waals surface area contributed by atoms with Gasteiger partial charge in [-0.3, -0.25) is 0 Å². The van der Waals surface area contributed by atoms with E-state index in [2.05, 4.69) is 10.6 Å². The predicted molar refractivity (Wildman–Crippen MR) is 80.8 cm³/mol. The highest BCUT2D eigenvalue weighted by molar-refractivity contribution is 7.16. The van der Waals surface area contributed by atoms with Gasteiger partial charge >= 0.3 is 6.03 Å². The van der Waals surface area contributed by atoms with E-state index in [1.165, 1.54) is 11.3 Å². The number of nitrogens with two attached hydrogens (primary N) is 1. The molecule has 0 aliphatic carbocycles. The first-order valence-electron chi connectivity index (χ1n) is 5.73. The van der Waals surface area contributed by atoms with Crippen LogP contribution < -0.4 is 16.4 Å². The van der Waals surface area contributed by atoms with Crippen molar-refractivity contribution < 1.29 is 4.79 Å². The third kappa shape index (κ3) is 3.87. The number of rotatable bonds is 3. The van der Waals surface area contributed by atoms with Gasteiger partial charge in [-0.25, -0.2) is 4.79 Å². The number of thiophene rings is 1. The molecule has 2 aromatic rings. The first kappa shape index (κ1) is 13.7. The lowest BCUT2D eigenvalue weighted by Gasteiger charge is -2.13. The van der Waals surface area contributed by atoms with Crippen LogP contribution in [0.15, 0.2) is 36.4 Å². The topological polar surface area (TPSA) is 67.2 Å². The summed E-state index contributed by atoms with van der Waals surface area (Å²) in [5, 5.41) is 5.57. The normalized spacial score (nSPS) is 11.9. The van der Waals surface area contributed by atoms with E-state index in [-0.39, 0.29) is 12.1 Å². The molecule has 0 fully saturated rings. The van der Waals surface area contributed by atoms with Crippen LogP contribution in [0.4, 0.5) is 16.2 Å². The maximum atomic E-state index is 11.8. The van der Waals surface area contributed by atoms with Gasteiger partial charge in [0.15, 0.2) is 0 Å². The molecule has 1 heterocycles. The lowest BCUT2D eigenvalue weighted by Crippen LogP contribution is -2.30. The molecule has 6 heteroatoms. The average Bonchev–Trinajstić information content (AvgIpc) is 2.75. The van der Waals surface area contributed by atoms with Crippen molar-refractivity contribution >= 4 is 40.3 Å². The fourth-order valence-corrected chi connectivity index (χ4v) is 2.68. The van der Waals surface area contributed by atoms with Crippen LogP contribution in [-0.4, -0.2) is 6.03 Å². The minimum atomic E-state index is -0.275. The first-order valence-corrected chi connectivity index (χ1v) is 6.92. The molecule has 1 unspecified atom stereocenters. The summed E-state index contributed by atoms with van der Waals surface area (Å²) in [5.41, 5.74) is 6.91. The molecule has 4 N–H and O–H groups in total. The molecular weight excluding hydrogens is 282 g/mol. The van der Waals surface area contributed by atoms with E-state index in [0.29, 0.717) is 15.7 Å². The van der Waals surface area contributed by atoms with Crippen molar-refractivity contribution in [2.45, 2.75) is 13.0 Å². The Morgan fingerprint density at radius 3 is 2.79 bits per heavy atom. The minimum absolute atomic E-state index is 0.0986. The summed E-state index contributed by atoms with van der Waals surface area (Å²) in [6, 6.07) is 10.4. The fourth-order valence-electron chi connectivity index (χ4n) is 1.61. The molecule has 0 aliphatic rings. The van der Waals surface area contributed by atoms with Gasteiger partial charge in [-0.1, -0.05) is 17.7 Å². The van der Waals surface area contributed by atoms with Gasteiger partial charge in [0.1, 0.15) is 0 Å². The molecule has 100 valence electrons. The van der Waals surface area contributed by atoms with Crippen LogP contribution in [0.5, 0.6) is 0 Å². The highest BCUT2D eigenvalue weighted by atomic mass is 35.5. The molecule has 0 aliphatic heterocycles. The molecular formula is C13H14ClN3OS. The second-order valence-electron chi connectivity index (χ2n) is 4.09. The van der Waals surface area contributed by atoms with E-state index in [0.717, 1.165) is 4.88 Å². The van der Waals surface area contributed by atoms with Crippen molar-refractivity contribution in [1.29, 1.82) is 0 Å². The van der Waals surface area contributed by atoms with E-state index in [1.807, 2.05) is 19.1 Å². The van der Waals surface area contributed by atoms with Gasteiger partial charge in [0, 0.05) is 16.3 Å². The fraction of sp³-hybridized carbons (Fsp3) is 0.154. The summed E-state index contributed by atoms with van der Waals surface area (Å²) in [6.45, 7) is 1.90. The van der Waals surface area contributed by atoms with E-state index < -0.39 is 0 Å². The van der Waals surface area contributed by atoms with E-state index in [9.17, 15) is 4.79 Å². The summed E-state index contributed by atoms with van der Waals surface area (Å²) in [6.07, 6.45) is 0. The number of benzene rings is 1. The van der Waals surface area contributed by atoms with Crippen molar-refractivity contribution in [2.24, 2.45) is 0 Å². The lowest BCUT2D eigenvalue weighted by molar-refractivity contribution is 0.249. The van der Waals surface area contributed by atoms with Crippen LogP contribution in [0.25, 0.3) is 0 Å². The molecule has 0 saturated heterocycles. The molecule has 4 nitrogen and oxygen atoms in total. The number of nitrogens with one attached hydrogen (secondary N) is 2. The van der Waals surface area contributed by atoms with Gasteiger partial charge < -0.3 is 16.4 Å². The van der Waals surface area contributed by atoms with Crippen molar-refractivity contribution in [2.75, 3.05) is 11.1 Å². The standard InChI is InChI=1S/C13H14ClN3OS/c1-8(11-5-6-12(14)19-11)16-13(18)17-10-4-2-3-9(15)7-10/h2-8H,15H2,1H3,(H2,16,17,18). The maximum absolute atomic E-state index is 11.8. The number of halogens is 1. The smallest absolute Gasteiger partial charge is 0.319 e. The van der Waals surface area contributed by atoms with Gasteiger partial charge in [0.2, 0.25) is 0 Å². The zero-order chi connectivity index (χ0) is 13.8. The Balaban J connectivity index is 1.94. The Labute approximate surface area is 120 Å². The average molecular weight is 296 g/mol. The quantitative estimate of drug-likeness (QED) is 0.753. The number of anilines is 2.